The van der Waals surface area contributed by atoms with Gasteiger partial charge in [0, 0.05) is 22.5 Å². The van der Waals surface area contributed by atoms with Crippen LogP contribution in [0.1, 0.15) is 17.5 Å². The van der Waals surface area contributed by atoms with Crippen molar-refractivity contribution in [2.24, 2.45) is 0 Å². The Morgan fingerprint density at radius 2 is 2.12 bits per heavy atom. The molecule has 6 heteroatoms. The molecule has 2 aromatic carbocycles. The molecule has 1 aliphatic carbocycles. The van der Waals surface area contributed by atoms with Gasteiger partial charge in [0.15, 0.2) is 5.58 Å². The third kappa shape index (κ3) is 2.60. The van der Waals surface area contributed by atoms with Crippen LogP contribution in [0.4, 0.5) is 11.7 Å². The molecule has 26 heavy (non-hydrogen) atoms. The Morgan fingerprint density at radius 1 is 1.19 bits per heavy atom. The van der Waals surface area contributed by atoms with E-state index in [1.807, 2.05) is 24.3 Å². The van der Waals surface area contributed by atoms with Gasteiger partial charge in [0.1, 0.15) is 5.52 Å². The van der Waals surface area contributed by atoms with E-state index in [1.165, 1.54) is 5.56 Å². The molecule has 5 nitrogen and oxygen atoms in total. The number of fused-ring (bicyclic) bond motifs is 4. The number of nitrogens with zero attached hydrogens (tertiary/aromatic N) is 2. The number of oxazole rings is 1. The summed E-state index contributed by atoms with van der Waals surface area (Å²) in [7, 11) is 0. The predicted octanol–water partition coefficient (Wildman–Crippen LogP) is 4.62. The Kier molecular flexibility index (Phi) is 3.58. The second-order valence-electron chi connectivity index (χ2n) is 6.62. The lowest BCUT2D eigenvalue weighted by molar-refractivity contribution is 0.159. The lowest BCUT2D eigenvalue weighted by atomic mass is 9.88. The molecule has 0 bridgehead atoms. The molecule has 1 atom stereocenters. The van der Waals surface area contributed by atoms with Crippen LogP contribution in [-0.4, -0.2) is 21.2 Å². The molecule has 0 aliphatic heterocycles. The Balaban J connectivity index is 1.58. The Bertz CT molecular complexity index is 1140. The molecule has 2 heterocycles. The summed E-state index contributed by atoms with van der Waals surface area (Å²) in [6.45, 7) is 0. The molecule has 4 aromatic rings. The normalized spacial score (nSPS) is 16.8. The summed E-state index contributed by atoms with van der Waals surface area (Å²) in [5, 5.41) is 14.8. The van der Waals surface area contributed by atoms with Gasteiger partial charge in [-0.1, -0.05) is 23.7 Å². The second-order valence-corrected chi connectivity index (χ2v) is 7.05. The van der Waals surface area contributed by atoms with Gasteiger partial charge in [0.25, 0.3) is 6.01 Å². The molecular formula is C20H16ClN3O2. The van der Waals surface area contributed by atoms with Crippen LogP contribution in [0, 0.1) is 0 Å². The molecule has 0 saturated carbocycles. The molecule has 2 N–H and O–H groups in total. The summed E-state index contributed by atoms with van der Waals surface area (Å²) >= 11 is 6.04. The average Bonchev–Trinajstić information content (AvgIpc) is 3.05. The molecule has 130 valence electrons. The summed E-state index contributed by atoms with van der Waals surface area (Å²) in [4.78, 5) is 8.92. The number of anilines is 2. The third-order valence-corrected chi connectivity index (χ3v) is 5.12. The molecule has 2 aromatic heterocycles. The van der Waals surface area contributed by atoms with Crippen LogP contribution in [0.5, 0.6) is 0 Å². The van der Waals surface area contributed by atoms with Crippen molar-refractivity contribution in [1.29, 1.82) is 0 Å². The van der Waals surface area contributed by atoms with Gasteiger partial charge in [-0.25, -0.2) is 0 Å². The molecule has 0 unspecified atom stereocenters. The van der Waals surface area contributed by atoms with Crippen molar-refractivity contribution in [3.63, 3.8) is 0 Å². The third-order valence-electron chi connectivity index (χ3n) is 4.88. The van der Waals surface area contributed by atoms with Crippen molar-refractivity contribution in [2.45, 2.75) is 25.4 Å². The van der Waals surface area contributed by atoms with Gasteiger partial charge in [-0.2, -0.15) is 4.98 Å². The monoisotopic (exact) mass is 365 g/mol. The van der Waals surface area contributed by atoms with E-state index in [2.05, 4.69) is 21.4 Å². The molecule has 1 aliphatic rings. The summed E-state index contributed by atoms with van der Waals surface area (Å²) in [5.74, 6) is 0. The van der Waals surface area contributed by atoms with E-state index < -0.39 is 0 Å². The largest absolute Gasteiger partial charge is 0.423 e. The molecule has 0 fully saturated rings. The first-order chi connectivity index (χ1) is 12.7. The Labute approximate surface area is 154 Å². The fourth-order valence-corrected chi connectivity index (χ4v) is 3.77. The first-order valence-electron chi connectivity index (χ1n) is 8.58. The number of aliphatic hydroxyl groups excluding tert-OH is 1. The maximum Gasteiger partial charge on any atom is 0.300 e. The number of nitrogens with one attached hydrogen (secondary N) is 1. The predicted molar refractivity (Wildman–Crippen MR) is 102 cm³/mol. The van der Waals surface area contributed by atoms with Gasteiger partial charge in [-0.15, -0.1) is 0 Å². The highest BCUT2D eigenvalue weighted by molar-refractivity contribution is 6.31. The van der Waals surface area contributed by atoms with Crippen molar-refractivity contribution in [2.75, 3.05) is 5.32 Å². The number of pyridine rings is 1. The van der Waals surface area contributed by atoms with Crippen LogP contribution in [0.15, 0.2) is 47.0 Å². The van der Waals surface area contributed by atoms with E-state index in [9.17, 15) is 5.11 Å². The van der Waals surface area contributed by atoms with Gasteiger partial charge in [0.05, 0.1) is 17.8 Å². The van der Waals surface area contributed by atoms with Crippen LogP contribution < -0.4 is 5.32 Å². The molecule has 0 saturated heterocycles. The number of aryl methyl sites for hydroxylation is 1. The first kappa shape index (κ1) is 15.6. The minimum Gasteiger partial charge on any atom is -0.423 e. The van der Waals surface area contributed by atoms with Crippen LogP contribution in [-0.2, 0) is 12.8 Å². The zero-order valence-corrected chi connectivity index (χ0v) is 14.6. The van der Waals surface area contributed by atoms with Crippen molar-refractivity contribution in [1.82, 2.24) is 9.97 Å². The quantitative estimate of drug-likeness (QED) is 0.542. The minimum atomic E-state index is -0.299. The van der Waals surface area contributed by atoms with Crippen molar-refractivity contribution in [3.8, 4) is 0 Å². The fourth-order valence-electron chi connectivity index (χ4n) is 3.60. The zero-order chi connectivity index (χ0) is 17.7. The highest BCUT2D eigenvalue weighted by Gasteiger charge is 2.20. The minimum absolute atomic E-state index is 0.299. The Hall–Kier alpha value is -2.63. The summed E-state index contributed by atoms with van der Waals surface area (Å²) in [6.07, 6.45) is 3.72. The SMILES string of the molecule is O[C@H]1CCc2cccc(Nc3nc4cnc5cc(Cl)ccc5c4o3)c2C1. The Morgan fingerprint density at radius 3 is 3.04 bits per heavy atom. The van der Waals surface area contributed by atoms with E-state index in [0.717, 1.165) is 35.0 Å². The standard InChI is InChI=1S/C20H16ClN3O2/c21-12-5-7-14-17(8-12)22-10-18-19(14)26-20(24-18)23-16-3-1-2-11-4-6-13(25)9-15(11)16/h1-3,5,7-8,10,13,25H,4,6,9H2,(H,23,24)/t13-/m0/s1. The van der Waals surface area contributed by atoms with Crippen LogP contribution in [0.2, 0.25) is 5.02 Å². The number of aliphatic hydroxyl groups is 1. The zero-order valence-electron chi connectivity index (χ0n) is 13.9. The van der Waals surface area contributed by atoms with E-state index >= 15 is 0 Å². The number of aromatic nitrogens is 2. The lowest BCUT2D eigenvalue weighted by Gasteiger charge is -2.23. The molecule has 0 radical (unpaired) electrons. The summed E-state index contributed by atoms with van der Waals surface area (Å²) in [5.41, 5.74) is 5.45. The van der Waals surface area contributed by atoms with Crippen LogP contribution >= 0.6 is 11.6 Å². The van der Waals surface area contributed by atoms with Crippen molar-refractivity contribution in [3.05, 3.63) is 58.7 Å². The van der Waals surface area contributed by atoms with Crippen molar-refractivity contribution < 1.29 is 9.52 Å². The lowest BCUT2D eigenvalue weighted by Crippen LogP contribution is -2.19. The average molecular weight is 366 g/mol. The van der Waals surface area contributed by atoms with Crippen molar-refractivity contribution >= 4 is 45.3 Å². The van der Waals surface area contributed by atoms with Crippen LogP contribution in [0.25, 0.3) is 22.0 Å². The molecule has 0 amide bonds. The van der Waals surface area contributed by atoms with Gasteiger partial charge < -0.3 is 14.8 Å². The summed E-state index contributed by atoms with van der Waals surface area (Å²) in [6, 6.07) is 12.0. The number of hydrogen-bond acceptors (Lipinski definition) is 5. The van der Waals surface area contributed by atoms with E-state index in [-0.39, 0.29) is 6.10 Å². The summed E-state index contributed by atoms with van der Waals surface area (Å²) < 4.78 is 5.98. The topological polar surface area (TPSA) is 71.2 Å². The van der Waals surface area contributed by atoms with Gasteiger partial charge in [0.2, 0.25) is 0 Å². The maximum absolute atomic E-state index is 10.0. The molecule has 5 rings (SSSR count). The second kappa shape index (κ2) is 5.97. The highest BCUT2D eigenvalue weighted by Crippen LogP contribution is 2.32. The number of rotatable bonds is 2. The number of benzene rings is 2. The molecular weight excluding hydrogens is 350 g/mol. The number of halogens is 1. The van der Waals surface area contributed by atoms with Gasteiger partial charge >= 0.3 is 0 Å². The van der Waals surface area contributed by atoms with Gasteiger partial charge in [-0.3, -0.25) is 4.98 Å². The molecule has 0 spiro atoms. The van der Waals surface area contributed by atoms with E-state index in [4.69, 9.17) is 16.0 Å². The van der Waals surface area contributed by atoms with Crippen LogP contribution in [0.3, 0.4) is 0 Å². The van der Waals surface area contributed by atoms with E-state index in [1.54, 1.807) is 12.3 Å². The number of hydrogen-bond donors (Lipinski definition) is 2. The highest BCUT2D eigenvalue weighted by atomic mass is 35.5. The van der Waals surface area contributed by atoms with Gasteiger partial charge in [-0.05, 0) is 48.2 Å². The maximum atomic E-state index is 10.0. The smallest absolute Gasteiger partial charge is 0.300 e. The van der Waals surface area contributed by atoms with E-state index in [0.29, 0.717) is 28.6 Å². The fraction of sp³-hybridized carbons (Fsp3) is 0.200. The first-order valence-corrected chi connectivity index (χ1v) is 8.96.